The molecule has 0 saturated carbocycles. The quantitative estimate of drug-likeness (QED) is 0.769. The maximum Gasteiger partial charge on any atom is 0.237 e. The zero-order valence-corrected chi connectivity index (χ0v) is 10.5. The molecule has 3 nitrogen and oxygen atoms in total. The molecule has 2 atom stereocenters. The van der Waals surface area contributed by atoms with Gasteiger partial charge in [0.1, 0.15) is 0 Å². The summed E-state index contributed by atoms with van der Waals surface area (Å²) in [5.41, 5.74) is 0. The molecule has 1 amide bonds. The number of thioether (sulfide) groups is 2. The first kappa shape index (κ1) is 11.6. The Kier molecular flexibility index (Phi) is 4.65. The van der Waals surface area contributed by atoms with Crippen molar-refractivity contribution >= 4 is 29.4 Å². The first-order chi connectivity index (χ1) is 7.36. The molecule has 86 valence electrons. The number of amides is 1. The van der Waals surface area contributed by atoms with Crippen LogP contribution >= 0.6 is 23.5 Å². The monoisotopic (exact) mass is 246 g/mol. The van der Waals surface area contributed by atoms with Gasteiger partial charge in [-0.15, -0.1) is 0 Å². The third kappa shape index (κ3) is 3.57. The summed E-state index contributed by atoms with van der Waals surface area (Å²) in [4.78, 5) is 11.7. The van der Waals surface area contributed by atoms with Gasteiger partial charge in [-0.2, -0.15) is 23.5 Å². The number of rotatable bonds is 3. The lowest BCUT2D eigenvalue weighted by Crippen LogP contribution is -2.43. The lowest BCUT2D eigenvalue weighted by molar-refractivity contribution is -0.122. The number of carbonyl (C=O) groups is 1. The Bertz CT molecular complexity index is 213. The molecule has 2 N–H and O–H groups in total. The minimum Gasteiger partial charge on any atom is -0.354 e. The van der Waals surface area contributed by atoms with Crippen LogP contribution in [0.2, 0.25) is 0 Å². The fourth-order valence-corrected chi connectivity index (χ4v) is 4.51. The molecule has 0 aliphatic carbocycles. The number of hydrogen-bond donors (Lipinski definition) is 2. The molecule has 2 heterocycles. The molecule has 1 unspecified atom stereocenters. The van der Waals surface area contributed by atoms with Crippen molar-refractivity contribution < 1.29 is 4.79 Å². The summed E-state index contributed by atoms with van der Waals surface area (Å²) < 4.78 is 0. The molecule has 2 aliphatic heterocycles. The Morgan fingerprint density at radius 2 is 2.40 bits per heavy atom. The van der Waals surface area contributed by atoms with Crippen LogP contribution in [0.5, 0.6) is 0 Å². The van der Waals surface area contributed by atoms with E-state index in [0.29, 0.717) is 5.25 Å². The molecule has 0 aromatic rings. The second-order valence-electron chi connectivity index (χ2n) is 3.96. The predicted octanol–water partition coefficient (Wildman–Crippen LogP) is 0.703. The van der Waals surface area contributed by atoms with Crippen LogP contribution in [0.3, 0.4) is 0 Å². The van der Waals surface area contributed by atoms with E-state index in [-0.39, 0.29) is 11.9 Å². The summed E-state index contributed by atoms with van der Waals surface area (Å²) in [6.07, 6.45) is 2.13. The highest BCUT2D eigenvalue weighted by atomic mass is 32.2. The van der Waals surface area contributed by atoms with Crippen LogP contribution < -0.4 is 10.6 Å². The van der Waals surface area contributed by atoms with Gasteiger partial charge in [-0.05, 0) is 19.4 Å². The van der Waals surface area contributed by atoms with Gasteiger partial charge < -0.3 is 10.6 Å². The summed E-state index contributed by atoms with van der Waals surface area (Å²) in [6.45, 7) is 1.83. The van der Waals surface area contributed by atoms with Crippen molar-refractivity contribution in [3.05, 3.63) is 0 Å². The van der Waals surface area contributed by atoms with E-state index in [1.165, 1.54) is 17.3 Å². The minimum atomic E-state index is 0.0752. The summed E-state index contributed by atoms with van der Waals surface area (Å²) in [5.74, 6) is 3.87. The summed E-state index contributed by atoms with van der Waals surface area (Å²) >= 11 is 3.99. The molecule has 0 aromatic carbocycles. The van der Waals surface area contributed by atoms with E-state index in [9.17, 15) is 4.79 Å². The summed E-state index contributed by atoms with van der Waals surface area (Å²) in [5, 5.41) is 6.90. The van der Waals surface area contributed by atoms with Gasteiger partial charge in [0.25, 0.3) is 0 Å². The van der Waals surface area contributed by atoms with Crippen LogP contribution in [0, 0.1) is 0 Å². The van der Waals surface area contributed by atoms with Gasteiger partial charge in [-0.25, -0.2) is 0 Å². The van der Waals surface area contributed by atoms with E-state index in [2.05, 4.69) is 10.6 Å². The lowest BCUT2D eigenvalue weighted by Gasteiger charge is -2.22. The average Bonchev–Trinajstić information content (AvgIpc) is 2.81. The second-order valence-corrected chi connectivity index (χ2v) is 6.52. The molecule has 0 bridgehead atoms. The molecule has 5 heteroatoms. The predicted molar refractivity (Wildman–Crippen MR) is 67.6 cm³/mol. The fraction of sp³-hybridized carbons (Fsp3) is 0.900. The van der Waals surface area contributed by atoms with Gasteiger partial charge >= 0.3 is 0 Å². The van der Waals surface area contributed by atoms with E-state index in [1.54, 1.807) is 0 Å². The maximum atomic E-state index is 11.7. The number of nitrogens with one attached hydrogen (secondary N) is 2. The van der Waals surface area contributed by atoms with E-state index in [0.717, 1.165) is 25.9 Å². The highest BCUT2D eigenvalue weighted by molar-refractivity contribution is 8.06. The molecule has 0 aromatic heterocycles. The van der Waals surface area contributed by atoms with E-state index in [4.69, 9.17) is 0 Å². The lowest BCUT2D eigenvalue weighted by atomic mass is 10.2. The second kappa shape index (κ2) is 6.01. The van der Waals surface area contributed by atoms with Crippen molar-refractivity contribution in [2.24, 2.45) is 0 Å². The van der Waals surface area contributed by atoms with Crippen molar-refractivity contribution in [2.75, 3.05) is 30.3 Å². The van der Waals surface area contributed by atoms with Gasteiger partial charge in [-0.1, -0.05) is 0 Å². The van der Waals surface area contributed by atoms with Crippen LogP contribution in [0.15, 0.2) is 0 Å². The van der Waals surface area contributed by atoms with E-state index < -0.39 is 0 Å². The van der Waals surface area contributed by atoms with E-state index >= 15 is 0 Å². The summed E-state index contributed by atoms with van der Waals surface area (Å²) in [7, 11) is 0. The SMILES string of the molecule is O=C(NCC1CSCCS1)[C@H]1CCCN1. The van der Waals surface area contributed by atoms with Crippen LogP contribution in [0.1, 0.15) is 12.8 Å². The highest BCUT2D eigenvalue weighted by Gasteiger charge is 2.23. The largest absolute Gasteiger partial charge is 0.354 e. The average molecular weight is 246 g/mol. The molecule has 0 spiro atoms. The van der Waals surface area contributed by atoms with Gasteiger partial charge in [0, 0.05) is 29.1 Å². The molecule has 2 saturated heterocycles. The Morgan fingerprint density at radius 1 is 1.47 bits per heavy atom. The molecular weight excluding hydrogens is 228 g/mol. The van der Waals surface area contributed by atoms with Crippen molar-refractivity contribution in [3.8, 4) is 0 Å². The number of carbonyl (C=O) groups excluding carboxylic acids is 1. The van der Waals surface area contributed by atoms with Crippen molar-refractivity contribution in [3.63, 3.8) is 0 Å². The highest BCUT2D eigenvalue weighted by Crippen LogP contribution is 2.23. The third-order valence-corrected chi connectivity index (χ3v) is 5.61. The van der Waals surface area contributed by atoms with Crippen molar-refractivity contribution in [1.82, 2.24) is 10.6 Å². The first-order valence-electron chi connectivity index (χ1n) is 5.57. The van der Waals surface area contributed by atoms with Crippen LogP contribution in [-0.2, 0) is 4.79 Å². The molecule has 15 heavy (non-hydrogen) atoms. The summed E-state index contributed by atoms with van der Waals surface area (Å²) in [6, 6.07) is 0.0752. The van der Waals surface area contributed by atoms with Gasteiger partial charge in [0.05, 0.1) is 6.04 Å². The van der Waals surface area contributed by atoms with Crippen molar-refractivity contribution in [2.45, 2.75) is 24.1 Å². The third-order valence-electron chi connectivity index (χ3n) is 2.77. The molecule has 2 aliphatic rings. The standard InChI is InChI=1S/C10H18N2OS2/c13-10(9-2-1-3-11-9)12-6-8-7-14-4-5-15-8/h8-9,11H,1-7H2,(H,12,13)/t8?,9-/m1/s1. The molecule has 2 fully saturated rings. The Morgan fingerprint density at radius 3 is 3.07 bits per heavy atom. The molecule has 2 rings (SSSR count). The Balaban J connectivity index is 1.65. The smallest absolute Gasteiger partial charge is 0.237 e. The molecule has 0 radical (unpaired) electrons. The zero-order chi connectivity index (χ0) is 10.5. The number of hydrogen-bond acceptors (Lipinski definition) is 4. The van der Waals surface area contributed by atoms with Crippen LogP contribution in [0.25, 0.3) is 0 Å². The molecular formula is C10H18N2OS2. The minimum absolute atomic E-state index is 0.0752. The Hall–Kier alpha value is 0.130. The zero-order valence-electron chi connectivity index (χ0n) is 8.83. The van der Waals surface area contributed by atoms with Crippen LogP contribution in [0.4, 0.5) is 0 Å². The Labute approximate surface area is 99.5 Å². The van der Waals surface area contributed by atoms with Gasteiger partial charge in [-0.3, -0.25) is 4.79 Å². The van der Waals surface area contributed by atoms with Crippen molar-refractivity contribution in [1.29, 1.82) is 0 Å². The van der Waals surface area contributed by atoms with Gasteiger partial charge in [0.15, 0.2) is 0 Å². The topological polar surface area (TPSA) is 41.1 Å². The van der Waals surface area contributed by atoms with Crippen LogP contribution in [-0.4, -0.2) is 47.5 Å². The fourth-order valence-electron chi connectivity index (χ4n) is 1.90. The normalized spacial score (nSPS) is 31.5. The van der Waals surface area contributed by atoms with Gasteiger partial charge in [0.2, 0.25) is 5.91 Å². The first-order valence-corrected chi connectivity index (χ1v) is 7.77. The van der Waals surface area contributed by atoms with E-state index in [1.807, 2.05) is 23.5 Å². The maximum absolute atomic E-state index is 11.7.